The van der Waals surface area contributed by atoms with Crippen molar-refractivity contribution < 1.29 is 9.50 Å². The summed E-state index contributed by atoms with van der Waals surface area (Å²) in [5.41, 5.74) is 5.77. The first-order valence-corrected chi connectivity index (χ1v) is 3.71. The molecule has 0 amide bonds. The lowest BCUT2D eigenvalue weighted by molar-refractivity contribution is 0.422. The van der Waals surface area contributed by atoms with Crippen molar-refractivity contribution in [1.82, 2.24) is 0 Å². The van der Waals surface area contributed by atoms with E-state index in [9.17, 15) is 9.50 Å². The lowest BCUT2D eigenvalue weighted by Crippen LogP contribution is -2.08. The van der Waals surface area contributed by atoms with Crippen LogP contribution in [0.5, 0.6) is 5.75 Å². The van der Waals surface area contributed by atoms with Gasteiger partial charge in [0.15, 0.2) is 11.6 Å². The van der Waals surface area contributed by atoms with E-state index in [1.54, 1.807) is 6.07 Å². The molecule has 0 heterocycles. The first kappa shape index (κ1) is 9.49. The Morgan fingerprint density at radius 1 is 1.62 bits per heavy atom. The molecule has 13 heavy (non-hydrogen) atoms. The fraction of sp³-hybridized carbons (Fsp3) is 0.222. The number of phenolic OH excluding ortho intramolecular Hbond substituents is 1. The Balaban J connectivity index is 3.28. The Hall–Kier alpha value is -1.60. The van der Waals surface area contributed by atoms with Gasteiger partial charge in [-0.05, 0) is 12.5 Å². The highest BCUT2D eigenvalue weighted by molar-refractivity contribution is 5.41. The van der Waals surface area contributed by atoms with E-state index >= 15 is 0 Å². The zero-order chi connectivity index (χ0) is 10.0. The highest BCUT2D eigenvalue weighted by Crippen LogP contribution is 2.27. The summed E-state index contributed by atoms with van der Waals surface area (Å²) < 4.78 is 13.1. The second-order valence-corrected chi connectivity index (χ2v) is 2.74. The number of phenols is 1. The number of halogens is 1. The third-order valence-corrected chi connectivity index (χ3v) is 1.81. The van der Waals surface area contributed by atoms with Crippen LogP contribution in [-0.4, -0.2) is 5.11 Å². The molecule has 1 aromatic rings. The molecule has 0 aliphatic carbocycles. The molecule has 0 saturated carbocycles. The van der Waals surface area contributed by atoms with Gasteiger partial charge < -0.3 is 10.8 Å². The fourth-order valence-electron chi connectivity index (χ4n) is 1.00. The molecule has 0 aromatic heterocycles. The van der Waals surface area contributed by atoms with Gasteiger partial charge in [-0.25, -0.2) is 4.39 Å². The van der Waals surface area contributed by atoms with Gasteiger partial charge in [-0.1, -0.05) is 12.1 Å². The van der Waals surface area contributed by atoms with Crippen molar-refractivity contribution in [1.29, 1.82) is 5.26 Å². The molecule has 0 unspecified atom stereocenters. The van der Waals surface area contributed by atoms with Crippen LogP contribution in [0.15, 0.2) is 12.1 Å². The molecule has 0 saturated heterocycles. The van der Waals surface area contributed by atoms with Gasteiger partial charge in [-0.3, -0.25) is 0 Å². The number of nitriles is 1. The monoisotopic (exact) mass is 180 g/mol. The second kappa shape index (κ2) is 3.42. The molecule has 0 spiro atoms. The number of aryl methyl sites for hydroxylation is 1. The normalized spacial score (nSPS) is 12.2. The SMILES string of the molecule is Cc1ccc([C@@H](N)C#N)c(O)c1F. The molecule has 1 rings (SSSR count). The van der Waals surface area contributed by atoms with Crippen LogP contribution in [0.1, 0.15) is 17.2 Å². The number of rotatable bonds is 1. The molecular weight excluding hydrogens is 171 g/mol. The zero-order valence-corrected chi connectivity index (χ0v) is 7.08. The number of aromatic hydroxyl groups is 1. The summed E-state index contributed by atoms with van der Waals surface area (Å²) in [5, 5.41) is 17.7. The van der Waals surface area contributed by atoms with E-state index in [2.05, 4.69) is 0 Å². The largest absolute Gasteiger partial charge is 0.505 e. The van der Waals surface area contributed by atoms with Crippen molar-refractivity contribution in [2.45, 2.75) is 13.0 Å². The smallest absolute Gasteiger partial charge is 0.168 e. The van der Waals surface area contributed by atoms with E-state index in [4.69, 9.17) is 11.0 Å². The van der Waals surface area contributed by atoms with Crippen molar-refractivity contribution in [3.8, 4) is 11.8 Å². The summed E-state index contributed by atoms with van der Waals surface area (Å²) in [5.74, 6) is -1.25. The Kier molecular flexibility index (Phi) is 2.49. The number of hydrogen-bond donors (Lipinski definition) is 2. The second-order valence-electron chi connectivity index (χ2n) is 2.74. The molecule has 0 aliphatic rings. The fourth-order valence-corrected chi connectivity index (χ4v) is 1.00. The Morgan fingerprint density at radius 3 is 2.77 bits per heavy atom. The minimum atomic E-state index is -0.991. The number of benzene rings is 1. The predicted octanol–water partition coefficient (Wildman–Crippen LogP) is 1.36. The van der Waals surface area contributed by atoms with E-state index in [1.165, 1.54) is 19.1 Å². The van der Waals surface area contributed by atoms with Gasteiger partial charge in [0, 0.05) is 5.56 Å². The Labute approximate surface area is 75.2 Å². The van der Waals surface area contributed by atoms with Crippen LogP contribution < -0.4 is 5.73 Å². The predicted molar refractivity (Wildman–Crippen MR) is 45.3 cm³/mol. The van der Waals surface area contributed by atoms with Crippen LogP contribution in [0.3, 0.4) is 0 Å². The van der Waals surface area contributed by atoms with Gasteiger partial charge in [0.05, 0.1) is 6.07 Å². The van der Waals surface area contributed by atoms with E-state index in [-0.39, 0.29) is 5.56 Å². The minimum Gasteiger partial charge on any atom is -0.505 e. The lowest BCUT2D eigenvalue weighted by Gasteiger charge is -2.07. The maximum absolute atomic E-state index is 13.1. The molecule has 3 nitrogen and oxygen atoms in total. The minimum absolute atomic E-state index is 0.116. The van der Waals surface area contributed by atoms with E-state index < -0.39 is 17.6 Å². The summed E-state index contributed by atoms with van der Waals surface area (Å²) in [6.07, 6.45) is 0. The third kappa shape index (κ3) is 1.60. The van der Waals surface area contributed by atoms with Crippen molar-refractivity contribution in [2.75, 3.05) is 0 Å². The standard InChI is InChI=1S/C9H9FN2O/c1-5-2-3-6(7(12)4-11)9(13)8(5)10/h2-3,7,13H,12H2,1H3/t7-/m0/s1. The van der Waals surface area contributed by atoms with Crippen LogP contribution in [0.25, 0.3) is 0 Å². The number of nitrogens with zero attached hydrogens (tertiary/aromatic N) is 1. The summed E-state index contributed by atoms with van der Waals surface area (Å²) in [6.45, 7) is 1.52. The van der Waals surface area contributed by atoms with Gasteiger partial charge in [0.1, 0.15) is 6.04 Å². The Morgan fingerprint density at radius 2 is 2.23 bits per heavy atom. The summed E-state index contributed by atoms with van der Waals surface area (Å²) >= 11 is 0. The van der Waals surface area contributed by atoms with Gasteiger partial charge in [-0.15, -0.1) is 0 Å². The highest BCUT2D eigenvalue weighted by Gasteiger charge is 2.14. The quantitative estimate of drug-likeness (QED) is 0.685. The highest BCUT2D eigenvalue weighted by atomic mass is 19.1. The molecule has 68 valence electrons. The maximum Gasteiger partial charge on any atom is 0.168 e. The molecule has 0 bridgehead atoms. The van der Waals surface area contributed by atoms with Crippen LogP contribution >= 0.6 is 0 Å². The average Bonchev–Trinajstić information content (AvgIpc) is 2.13. The molecule has 3 N–H and O–H groups in total. The van der Waals surface area contributed by atoms with Crippen molar-refractivity contribution >= 4 is 0 Å². The van der Waals surface area contributed by atoms with Crippen LogP contribution in [0.4, 0.5) is 4.39 Å². The third-order valence-electron chi connectivity index (χ3n) is 1.81. The van der Waals surface area contributed by atoms with E-state index in [1.807, 2.05) is 0 Å². The van der Waals surface area contributed by atoms with Crippen LogP contribution in [-0.2, 0) is 0 Å². The van der Waals surface area contributed by atoms with E-state index in [0.29, 0.717) is 5.56 Å². The molecule has 1 atom stereocenters. The first-order chi connectivity index (χ1) is 6.07. The zero-order valence-electron chi connectivity index (χ0n) is 7.08. The summed E-state index contributed by atoms with van der Waals surface area (Å²) in [7, 11) is 0. The van der Waals surface area contributed by atoms with Gasteiger partial charge in [-0.2, -0.15) is 5.26 Å². The lowest BCUT2D eigenvalue weighted by atomic mass is 10.0. The maximum atomic E-state index is 13.1. The van der Waals surface area contributed by atoms with Gasteiger partial charge in [0.25, 0.3) is 0 Å². The van der Waals surface area contributed by atoms with Crippen LogP contribution in [0.2, 0.25) is 0 Å². The molecule has 0 radical (unpaired) electrons. The van der Waals surface area contributed by atoms with Crippen molar-refractivity contribution in [3.63, 3.8) is 0 Å². The molecular formula is C9H9FN2O. The summed E-state index contributed by atoms with van der Waals surface area (Å²) in [4.78, 5) is 0. The van der Waals surface area contributed by atoms with Gasteiger partial charge >= 0.3 is 0 Å². The molecule has 1 aromatic carbocycles. The molecule has 4 heteroatoms. The molecule has 0 fully saturated rings. The molecule has 0 aliphatic heterocycles. The van der Waals surface area contributed by atoms with Gasteiger partial charge in [0.2, 0.25) is 0 Å². The topological polar surface area (TPSA) is 70.0 Å². The van der Waals surface area contributed by atoms with E-state index in [0.717, 1.165) is 0 Å². The number of hydrogen-bond acceptors (Lipinski definition) is 3. The first-order valence-electron chi connectivity index (χ1n) is 3.71. The van der Waals surface area contributed by atoms with Crippen molar-refractivity contribution in [2.24, 2.45) is 5.73 Å². The average molecular weight is 180 g/mol. The Bertz CT molecular complexity index is 371. The summed E-state index contributed by atoms with van der Waals surface area (Å²) in [6, 6.07) is 3.65. The van der Waals surface area contributed by atoms with Crippen LogP contribution in [0, 0.1) is 24.1 Å². The number of nitrogens with two attached hydrogens (primary N) is 1. The van der Waals surface area contributed by atoms with Crippen molar-refractivity contribution in [3.05, 3.63) is 29.1 Å².